The zero-order valence-corrected chi connectivity index (χ0v) is 14.3. The molecule has 25 heavy (non-hydrogen) atoms. The summed E-state index contributed by atoms with van der Waals surface area (Å²) in [5, 5.41) is 8.76. The number of carbonyl (C=O) groups excluding carboxylic acids is 1. The van der Waals surface area contributed by atoms with Crippen molar-refractivity contribution >= 4 is 5.97 Å². The molecule has 0 atom stereocenters. The van der Waals surface area contributed by atoms with Gasteiger partial charge in [0, 0.05) is 0 Å². The summed E-state index contributed by atoms with van der Waals surface area (Å²) in [5.74, 6) is 0.660. The van der Waals surface area contributed by atoms with Gasteiger partial charge in [-0.15, -0.1) is 0 Å². The van der Waals surface area contributed by atoms with E-state index in [0.29, 0.717) is 29.2 Å². The molecule has 2 aromatic rings. The second kappa shape index (κ2) is 9.94. The molecule has 0 aliphatic heterocycles. The molecule has 0 fully saturated rings. The Balaban J connectivity index is 1.85. The summed E-state index contributed by atoms with van der Waals surface area (Å²) in [5.41, 5.74) is 0.959. The molecule has 0 bridgehead atoms. The zero-order chi connectivity index (χ0) is 17.9. The van der Waals surface area contributed by atoms with Crippen LogP contribution >= 0.6 is 0 Å². The maximum absolute atomic E-state index is 12.1. The lowest BCUT2D eigenvalue weighted by Crippen LogP contribution is -2.08. The van der Waals surface area contributed by atoms with Gasteiger partial charge in [-0.05, 0) is 55.0 Å². The normalized spacial score (nSPS) is 10.4. The Kier molecular flexibility index (Phi) is 7.27. The minimum Gasteiger partial charge on any atom is -0.490 e. The van der Waals surface area contributed by atoms with Gasteiger partial charge in [-0.3, -0.25) is 0 Å². The van der Waals surface area contributed by atoms with Gasteiger partial charge < -0.3 is 9.47 Å². The fourth-order valence-electron chi connectivity index (χ4n) is 2.10. The Bertz CT molecular complexity index is 740. The molecular weight excluding hydrogens is 314 g/mol. The minimum absolute atomic E-state index is 0.404. The summed E-state index contributed by atoms with van der Waals surface area (Å²) in [6.07, 6.45) is 7.56. The third kappa shape index (κ3) is 6.15. The maximum atomic E-state index is 12.1. The number of hydrogen-bond donors (Lipinski definition) is 0. The molecule has 0 aromatic heterocycles. The van der Waals surface area contributed by atoms with Gasteiger partial charge in [-0.2, -0.15) is 5.26 Å². The Hall–Kier alpha value is -3.06. The highest BCUT2D eigenvalue weighted by atomic mass is 16.5. The monoisotopic (exact) mass is 335 g/mol. The van der Waals surface area contributed by atoms with E-state index in [0.717, 1.165) is 6.42 Å². The molecule has 0 heterocycles. The summed E-state index contributed by atoms with van der Waals surface area (Å²) >= 11 is 0. The van der Waals surface area contributed by atoms with Crippen LogP contribution in [-0.2, 0) is 0 Å². The number of unbranched alkanes of at least 4 members (excludes halogenated alkanes) is 2. The third-order valence-corrected chi connectivity index (χ3v) is 3.52. The lowest BCUT2D eigenvalue weighted by molar-refractivity contribution is 0.0734. The van der Waals surface area contributed by atoms with Crippen LogP contribution in [0.15, 0.2) is 60.7 Å². The Morgan fingerprint density at radius 3 is 2.36 bits per heavy atom. The molecule has 2 rings (SSSR count). The van der Waals surface area contributed by atoms with E-state index < -0.39 is 5.97 Å². The highest BCUT2D eigenvalue weighted by Crippen LogP contribution is 2.16. The van der Waals surface area contributed by atoms with Gasteiger partial charge in [0.05, 0.1) is 17.2 Å². The van der Waals surface area contributed by atoms with Crippen molar-refractivity contribution in [3.63, 3.8) is 0 Å². The van der Waals surface area contributed by atoms with Crippen molar-refractivity contribution < 1.29 is 14.3 Å². The summed E-state index contributed by atoms with van der Waals surface area (Å²) in [4.78, 5) is 12.1. The summed E-state index contributed by atoms with van der Waals surface area (Å²) in [6.45, 7) is 2.68. The molecule has 128 valence electrons. The molecule has 0 amide bonds. The van der Waals surface area contributed by atoms with E-state index in [-0.39, 0.29) is 0 Å². The van der Waals surface area contributed by atoms with Crippen molar-refractivity contribution in [3.05, 3.63) is 71.8 Å². The van der Waals surface area contributed by atoms with Gasteiger partial charge in [0.25, 0.3) is 0 Å². The van der Waals surface area contributed by atoms with Crippen molar-refractivity contribution in [1.82, 2.24) is 0 Å². The molecule has 0 radical (unpaired) electrons. The number of nitriles is 1. The highest BCUT2D eigenvalue weighted by Gasteiger charge is 2.08. The molecule has 4 nitrogen and oxygen atoms in total. The van der Waals surface area contributed by atoms with Crippen LogP contribution in [0, 0.1) is 11.3 Å². The first-order chi connectivity index (χ1) is 12.2. The Labute approximate surface area is 148 Å². The van der Waals surface area contributed by atoms with E-state index in [1.165, 1.54) is 12.8 Å². The number of ether oxygens (including phenoxy) is 2. The molecular formula is C21H21NO3. The predicted molar refractivity (Wildman–Crippen MR) is 96.7 cm³/mol. The minimum atomic E-state index is -0.448. The fourth-order valence-corrected chi connectivity index (χ4v) is 2.10. The first-order valence-corrected chi connectivity index (χ1v) is 8.33. The SMILES string of the molecule is CCCC/C=C/COc1ccc(C(=O)Oc2ccc(C#N)cc2)cc1. The maximum Gasteiger partial charge on any atom is 0.343 e. The smallest absolute Gasteiger partial charge is 0.343 e. The quantitative estimate of drug-likeness (QED) is 0.298. The van der Waals surface area contributed by atoms with Crippen LogP contribution in [-0.4, -0.2) is 12.6 Å². The largest absolute Gasteiger partial charge is 0.490 e. The summed E-state index contributed by atoms with van der Waals surface area (Å²) < 4.78 is 10.9. The zero-order valence-electron chi connectivity index (χ0n) is 14.3. The topological polar surface area (TPSA) is 59.3 Å². The molecule has 0 aliphatic carbocycles. The van der Waals surface area contributed by atoms with Gasteiger partial charge in [0.1, 0.15) is 18.1 Å². The summed E-state index contributed by atoms with van der Waals surface area (Å²) in [7, 11) is 0. The van der Waals surface area contributed by atoms with E-state index in [1.54, 1.807) is 48.5 Å². The lowest BCUT2D eigenvalue weighted by atomic mass is 10.2. The van der Waals surface area contributed by atoms with E-state index in [2.05, 4.69) is 13.0 Å². The first-order valence-electron chi connectivity index (χ1n) is 8.33. The van der Waals surface area contributed by atoms with Crippen LogP contribution < -0.4 is 9.47 Å². The number of allylic oxidation sites excluding steroid dienone is 1. The number of esters is 1. The molecule has 0 saturated heterocycles. The molecule has 2 aromatic carbocycles. The van der Waals surface area contributed by atoms with Gasteiger partial charge in [0.15, 0.2) is 0 Å². The fraction of sp³-hybridized carbons (Fsp3) is 0.238. The van der Waals surface area contributed by atoms with Gasteiger partial charge >= 0.3 is 5.97 Å². The Morgan fingerprint density at radius 2 is 1.72 bits per heavy atom. The van der Waals surface area contributed by atoms with Crippen LogP contribution in [0.25, 0.3) is 0 Å². The van der Waals surface area contributed by atoms with Crippen LogP contribution in [0.5, 0.6) is 11.5 Å². The molecule has 0 aliphatic rings. The third-order valence-electron chi connectivity index (χ3n) is 3.52. The second-order valence-electron chi connectivity index (χ2n) is 5.47. The molecule has 4 heteroatoms. The average molecular weight is 335 g/mol. The number of nitrogens with zero attached hydrogens (tertiary/aromatic N) is 1. The van der Waals surface area contributed by atoms with Gasteiger partial charge in [0.2, 0.25) is 0 Å². The number of rotatable bonds is 8. The van der Waals surface area contributed by atoms with Crippen LogP contribution in [0.1, 0.15) is 42.1 Å². The van der Waals surface area contributed by atoms with Gasteiger partial charge in [-0.1, -0.05) is 31.9 Å². The highest BCUT2D eigenvalue weighted by molar-refractivity contribution is 5.91. The van der Waals surface area contributed by atoms with E-state index in [9.17, 15) is 4.79 Å². The lowest BCUT2D eigenvalue weighted by Gasteiger charge is -2.06. The van der Waals surface area contributed by atoms with Crippen LogP contribution in [0.4, 0.5) is 0 Å². The Morgan fingerprint density at radius 1 is 1.04 bits per heavy atom. The first kappa shape index (κ1) is 18.3. The summed E-state index contributed by atoms with van der Waals surface area (Å²) in [6, 6.07) is 15.2. The van der Waals surface area contributed by atoms with Crippen molar-refractivity contribution in [2.24, 2.45) is 0 Å². The molecule has 0 unspecified atom stereocenters. The van der Waals surface area contributed by atoms with Crippen LogP contribution in [0.3, 0.4) is 0 Å². The molecule has 0 saturated carbocycles. The standard InChI is InChI=1S/C21H21NO3/c1-2-3-4-5-6-15-24-19-13-9-18(10-14-19)21(23)25-20-11-7-17(16-22)8-12-20/h5-14H,2-4,15H2,1H3/b6-5+. The molecule has 0 N–H and O–H groups in total. The van der Waals surface area contributed by atoms with Crippen molar-refractivity contribution in [3.8, 4) is 17.6 Å². The van der Waals surface area contributed by atoms with E-state index in [1.807, 2.05) is 12.1 Å². The van der Waals surface area contributed by atoms with Crippen molar-refractivity contribution in [2.75, 3.05) is 6.61 Å². The number of carbonyl (C=O) groups is 1. The van der Waals surface area contributed by atoms with E-state index in [4.69, 9.17) is 14.7 Å². The van der Waals surface area contributed by atoms with Crippen LogP contribution in [0.2, 0.25) is 0 Å². The van der Waals surface area contributed by atoms with Gasteiger partial charge in [-0.25, -0.2) is 4.79 Å². The van der Waals surface area contributed by atoms with Crippen molar-refractivity contribution in [2.45, 2.75) is 26.2 Å². The number of benzene rings is 2. The van der Waals surface area contributed by atoms with E-state index >= 15 is 0 Å². The second-order valence-corrected chi connectivity index (χ2v) is 5.47. The van der Waals surface area contributed by atoms with Crippen molar-refractivity contribution in [1.29, 1.82) is 5.26 Å². The predicted octanol–water partition coefficient (Wildman–Crippen LogP) is 4.90. The average Bonchev–Trinajstić information content (AvgIpc) is 2.65. The molecule has 0 spiro atoms. The number of hydrogen-bond acceptors (Lipinski definition) is 4.